The average Bonchev–Trinajstić information content (AvgIpc) is 2.87. The second-order valence-corrected chi connectivity index (χ2v) is 4.44. The molecule has 0 atom stereocenters. The lowest BCUT2D eigenvalue weighted by Crippen LogP contribution is -2.26. The summed E-state index contributed by atoms with van der Waals surface area (Å²) in [6.07, 6.45) is 5.33. The minimum atomic E-state index is -0.239. The highest BCUT2D eigenvalue weighted by atomic mass is 16.5. The molecular formula is C11H21NO2. The number of hydrogen-bond donors (Lipinski definition) is 1. The molecule has 82 valence electrons. The van der Waals surface area contributed by atoms with Gasteiger partial charge >= 0.3 is 6.09 Å². The van der Waals surface area contributed by atoms with Crippen molar-refractivity contribution in [2.75, 3.05) is 6.61 Å². The highest BCUT2D eigenvalue weighted by molar-refractivity contribution is 5.67. The average molecular weight is 199 g/mol. The number of unbranched alkanes of at least 4 members (excludes halogenated alkanes) is 1. The van der Waals surface area contributed by atoms with Crippen molar-refractivity contribution in [2.24, 2.45) is 5.92 Å². The summed E-state index contributed by atoms with van der Waals surface area (Å²) in [5.74, 6) is 0.746. The monoisotopic (exact) mass is 199 g/mol. The van der Waals surface area contributed by atoms with Crippen LogP contribution in [0, 0.1) is 5.92 Å². The molecule has 1 fully saturated rings. The Bertz CT molecular complexity index is 176. The van der Waals surface area contributed by atoms with E-state index in [9.17, 15) is 4.79 Å². The van der Waals surface area contributed by atoms with Gasteiger partial charge in [-0.2, -0.15) is 0 Å². The Morgan fingerprint density at radius 1 is 1.43 bits per heavy atom. The third kappa shape index (κ3) is 5.84. The molecule has 14 heavy (non-hydrogen) atoms. The first kappa shape index (κ1) is 11.3. The molecule has 3 nitrogen and oxygen atoms in total. The molecule has 1 N–H and O–H groups in total. The molecule has 0 aromatic rings. The second-order valence-electron chi connectivity index (χ2n) is 4.44. The lowest BCUT2D eigenvalue weighted by molar-refractivity contribution is 0.143. The van der Waals surface area contributed by atoms with Crippen LogP contribution in [0.5, 0.6) is 0 Å². The molecule has 0 heterocycles. The maximum absolute atomic E-state index is 11.1. The van der Waals surface area contributed by atoms with Gasteiger partial charge in [-0.3, -0.25) is 0 Å². The molecule has 0 radical (unpaired) electrons. The van der Waals surface area contributed by atoms with E-state index in [2.05, 4.69) is 19.2 Å². The third-order valence-electron chi connectivity index (χ3n) is 2.31. The summed E-state index contributed by atoms with van der Waals surface area (Å²) in [6.45, 7) is 4.98. The van der Waals surface area contributed by atoms with Crippen LogP contribution in [0.4, 0.5) is 4.79 Å². The van der Waals surface area contributed by atoms with E-state index in [4.69, 9.17) is 4.74 Å². The van der Waals surface area contributed by atoms with Crippen molar-refractivity contribution in [3.63, 3.8) is 0 Å². The van der Waals surface area contributed by atoms with E-state index in [1.54, 1.807) is 0 Å². The molecule has 1 rings (SSSR count). The van der Waals surface area contributed by atoms with Gasteiger partial charge in [0.1, 0.15) is 0 Å². The zero-order valence-corrected chi connectivity index (χ0v) is 9.21. The van der Waals surface area contributed by atoms with Gasteiger partial charge in [0.05, 0.1) is 6.61 Å². The third-order valence-corrected chi connectivity index (χ3v) is 2.31. The summed E-state index contributed by atoms with van der Waals surface area (Å²) < 4.78 is 5.02. The maximum atomic E-state index is 11.1. The topological polar surface area (TPSA) is 38.3 Å². The molecule has 0 aromatic carbocycles. The summed E-state index contributed by atoms with van der Waals surface area (Å²) in [5.41, 5.74) is 0. The van der Waals surface area contributed by atoms with Crippen molar-refractivity contribution in [3.05, 3.63) is 0 Å². The van der Waals surface area contributed by atoms with Crippen LogP contribution >= 0.6 is 0 Å². The molecule has 0 unspecified atom stereocenters. The van der Waals surface area contributed by atoms with Crippen molar-refractivity contribution in [1.29, 1.82) is 0 Å². The molecule has 0 spiro atoms. The van der Waals surface area contributed by atoms with Gasteiger partial charge in [-0.15, -0.1) is 0 Å². The fourth-order valence-electron chi connectivity index (χ4n) is 1.26. The lowest BCUT2D eigenvalue weighted by atomic mass is 10.1. The van der Waals surface area contributed by atoms with Gasteiger partial charge in [-0.1, -0.05) is 20.3 Å². The normalized spacial score (nSPS) is 15.6. The fourth-order valence-corrected chi connectivity index (χ4v) is 1.26. The van der Waals surface area contributed by atoms with Gasteiger partial charge in [0.15, 0.2) is 0 Å². The van der Waals surface area contributed by atoms with E-state index in [0.717, 1.165) is 31.6 Å². The van der Waals surface area contributed by atoms with Gasteiger partial charge in [0.25, 0.3) is 0 Å². The molecule has 3 heteroatoms. The first-order chi connectivity index (χ1) is 6.68. The Balaban J connectivity index is 1.84. The zero-order valence-electron chi connectivity index (χ0n) is 9.21. The second kappa shape index (κ2) is 5.89. The van der Waals surface area contributed by atoms with Crippen LogP contribution in [0.15, 0.2) is 0 Å². The van der Waals surface area contributed by atoms with Gasteiger partial charge in [-0.25, -0.2) is 4.79 Å². The number of amides is 1. The first-order valence-electron chi connectivity index (χ1n) is 5.62. The Kier molecular flexibility index (Phi) is 4.77. The molecule has 1 amide bonds. The van der Waals surface area contributed by atoms with E-state index >= 15 is 0 Å². The smallest absolute Gasteiger partial charge is 0.407 e. The van der Waals surface area contributed by atoms with Gasteiger partial charge in [0.2, 0.25) is 0 Å². The lowest BCUT2D eigenvalue weighted by Gasteiger charge is -2.06. The molecule has 1 saturated carbocycles. The minimum absolute atomic E-state index is 0.239. The first-order valence-corrected chi connectivity index (χ1v) is 5.62. The summed E-state index contributed by atoms with van der Waals surface area (Å²) in [6, 6.07) is 0.401. The van der Waals surface area contributed by atoms with E-state index in [0.29, 0.717) is 12.6 Å². The Morgan fingerprint density at radius 2 is 2.14 bits per heavy atom. The van der Waals surface area contributed by atoms with E-state index in [1.165, 1.54) is 6.42 Å². The Hall–Kier alpha value is -0.730. The van der Waals surface area contributed by atoms with Crippen molar-refractivity contribution in [1.82, 2.24) is 5.32 Å². The van der Waals surface area contributed by atoms with Crippen molar-refractivity contribution >= 4 is 6.09 Å². The number of ether oxygens (including phenoxy) is 1. The van der Waals surface area contributed by atoms with E-state index in [1.807, 2.05) is 0 Å². The molecule has 0 bridgehead atoms. The van der Waals surface area contributed by atoms with Crippen LogP contribution < -0.4 is 5.32 Å². The van der Waals surface area contributed by atoms with Crippen LogP contribution in [0.1, 0.15) is 46.0 Å². The van der Waals surface area contributed by atoms with Crippen LogP contribution in [0.25, 0.3) is 0 Å². The van der Waals surface area contributed by atoms with Crippen LogP contribution in [-0.4, -0.2) is 18.7 Å². The molecule has 1 aliphatic carbocycles. The number of hydrogen-bond acceptors (Lipinski definition) is 2. The Labute approximate surface area is 86.2 Å². The SMILES string of the molecule is CC(C)CCCCOC(=O)NC1CC1. The van der Waals surface area contributed by atoms with Crippen LogP contribution in [0.2, 0.25) is 0 Å². The molecule has 0 aliphatic heterocycles. The van der Waals surface area contributed by atoms with Gasteiger partial charge < -0.3 is 10.1 Å². The fraction of sp³-hybridized carbons (Fsp3) is 0.909. The summed E-state index contributed by atoms with van der Waals surface area (Å²) in [7, 11) is 0. The zero-order chi connectivity index (χ0) is 10.4. The number of carbonyl (C=O) groups is 1. The molecular weight excluding hydrogens is 178 g/mol. The minimum Gasteiger partial charge on any atom is -0.450 e. The predicted octanol–water partition coefficient (Wildman–Crippen LogP) is 2.70. The molecule has 0 saturated heterocycles. The standard InChI is InChI=1S/C11H21NO2/c1-9(2)5-3-4-8-14-11(13)12-10-6-7-10/h9-10H,3-8H2,1-2H3,(H,12,13). The largest absolute Gasteiger partial charge is 0.450 e. The van der Waals surface area contributed by atoms with Gasteiger partial charge in [-0.05, 0) is 31.6 Å². The number of nitrogens with one attached hydrogen (secondary N) is 1. The summed E-state index contributed by atoms with van der Waals surface area (Å²) in [4.78, 5) is 11.1. The van der Waals surface area contributed by atoms with Gasteiger partial charge in [0, 0.05) is 6.04 Å². The van der Waals surface area contributed by atoms with Crippen LogP contribution in [0.3, 0.4) is 0 Å². The predicted molar refractivity (Wildman–Crippen MR) is 56.2 cm³/mol. The molecule has 1 aliphatic rings. The molecule has 0 aromatic heterocycles. The van der Waals surface area contributed by atoms with E-state index < -0.39 is 0 Å². The van der Waals surface area contributed by atoms with Crippen LogP contribution in [-0.2, 0) is 4.74 Å². The van der Waals surface area contributed by atoms with Crippen molar-refractivity contribution < 1.29 is 9.53 Å². The number of alkyl carbamates (subject to hydrolysis) is 1. The quantitative estimate of drug-likeness (QED) is 0.668. The number of rotatable bonds is 6. The summed E-state index contributed by atoms with van der Waals surface area (Å²) in [5, 5.41) is 2.79. The maximum Gasteiger partial charge on any atom is 0.407 e. The van der Waals surface area contributed by atoms with Crippen molar-refractivity contribution in [3.8, 4) is 0 Å². The highest BCUT2D eigenvalue weighted by Crippen LogP contribution is 2.18. The van der Waals surface area contributed by atoms with Crippen molar-refractivity contribution in [2.45, 2.75) is 52.0 Å². The Morgan fingerprint density at radius 3 is 2.71 bits per heavy atom. The highest BCUT2D eigenvalue weighted by Gasteiger charge is 2.23. The number of carbonyl (C=O) groups excluding carboxylic acids is 1. The van der Waals surface area contributed by atoms with E-state index in [-0.39, 0.29) is 6.09 Å². The summed E-state index contributed by atoms with van der Waals surface area (Å²) >= 11 is 0.